The first-order valence-corrected chi connectivity index (χ1v) is 9.04. The zero-order valence-corrected chi connectivity index (χ0v) is 14.0. The van der Waals surface area contributed by atoms with Crippen molar-refractivity contribution in [1.29, 1.82) is 0 Å². The van der Waals surface area contributed by atoms with Crippen molar-refractivity contribution in [2.45, 2.75) is 110 Å². The van der Waals surface area contributed by atoms with E-state index in [2.05, 4.69) is 26.1 Å². The van der Waals surface area contributed by atoms with Crippen molar-refractivity contribution in [3.8, 4) is 0 Å². The molecule has 1 unspecified atom stereocenters. The minimum atomic E-state index is 0.724. The fraction of sp³-hybridized carbons (Fsp3) is 1.00. The second kappa shape index (κ2) is 16.0. The molecule has 19 heavy (non-hydrogen) atoms. The van der Waals surface area contributed by atoms with E-state index in [-0.39, 0.29) is 0 Å². The highest BCUT2D eigenvalue weighted by Gasteiger charge is 2.00. The summed E-state index contributed by atoms with van der Waals surface area (Å²) in [5.41, 5.74) is 0. The van der Waals surface area contributed by atoms with Gasteiger partial charge in [-0.25, -0.2) is 0 Å². The van der Waals surface area contributed by atoms with Crippen molar-refractivity contribution in [3.05, 3.63) is 0 Å². The Morgan fingerprint density at radius 2 is 1.11 bits per heavy atom. The third kappa shape index (κ3) is 15.9. The van der Waals surface area contributed by atoms with Crippen molar-refractivity contribution in [1.82, 2.24) is 5.32 Å². The molecule has 1 heteroatoms. The van der Waals surface area contributed by atoms with Crippen LogP contribution in [0.2, 0.25) is 0 Å². The van der Waals surface area contributed by atoms with Crippen LogP contribution in [0.1, 0.15) is 104 Å². The normalized spacial score (nSPS) is 12.8. The Kier molecular flexibility index (Phi) is 16.0. The molecule has 0 amide bonds. The Morgan fingerprint density at radius 1 is 0.632 bits per heavy atom. The molecule has 0 radical (unpaired) electrons. The predicted octanol–water partition coefficient (Wildman–Crippen LogP) is 6.08. The molecule has 1 N–H and O–H groups in total. The van der Waals surface area contributed by atoms with Crippen molar-refractivity contribution >= 4 is 0 Å². The van der Waals surface area contributed by atoms with E-state index in [4.69, 9.17) is 0 Å². The summed E-state index contributed by atoms with van der Waals surface area (Å²) in [6, 6.07) is 0.724. The summed E-state index contributed by atoms with van der Waals surface area (Å²) in [6.45, 7) is 8.14. The topological polar surface area (TPSA) is 12.0 Å². The minimum Gasteiger partial charge on any atom is -0.314 e. The smallest absolute Gasteiger partial charge is 0.00387 e. The van der Waals surface area contributed by atoms with Gasteiger partial charge in [-0.3, -0.25) is 0 Å². The lowest BCUT2D eigenvalue weighted by Gasteiger charge is -2.13. The third-order valence-electron chi connectivity index (χ3n) is 4.01. The Bertz CT molecular complexity index is 156. The lowest BCUT2D eigenvalue weighted by Crippen LogP contribution is -2.26. The fourth-order valence-corrected chi connectivity index (χ4v) is 2.59. The summed E-state index contributed by atoms with van der Waals surface area (Å²) in [5, 5.41) is 3.68. The van der Waals surface area contributed by atoms with Crippen LogP contribution in [-0.4, -0.2) is 12.6 Å². The second-order valence-electron chi connectivity index (χ2n) is 6.18. The monoisotopic (exact) mass is 269 g/mol. The van der Waals surface area contributed by atoms with Crippen LogP contribution in [0, 0.1) is 0 Å². The number of hydrogen-bond acceptors (Lipinski definition) is 1. The first-order chi connectivity index (χ1) is 9.31. The van der Waals surface area contributed by atoms with Gasteiger partial charge in [-0.1, -0.05) is 84.5 Å². The molecule has 0 bridgehead atoms. The summed E-state index contributed by atoms with van der Waals surface area (Å²) in [7, 11) is 0. The molecule has 0 aliphatic rings. The lowest BCUT2D eigenvalue weighted by molar-refractivity contribution is 0.466. The van der Waals surface area contributed by atoms with Crippen molar-refractivity contribution < 1.29 is 0 Å². The van der Waals surface area contributed by atoms with E-state index in [1.54, 1.807) is 0 Å². The summed E-state index contributed by atoms with van der Waals surface area (Å²) >= 11 is 0. The molecule has 0 rings (SSSR count). The summed E-state index contributed by atoms with van der Waals surface area (Å²) < 4.78 is 0. The molecule has 0 saturated carbocycles. The fourth-order valence-electron chi connectivity index (χ4n) is 2.59. The minimum absolute atomic E-state index is 0.724. The number of hydrogen-bond donors (Lipinski definition) is 1. The van der Waals surface area contributed by atoms with Crippen LogP contribution in [0.15, 0.2) is 0 Å². The highest BCUT2D eigenvalue weighted by atomic mass is 14.9. The molecule has 0 aliphatic carbocycles. The zero-order chi connectivity index (χ0) is 14.2. The van der Waals surface area contributed by atoms with E-state index < -0.39 is 0 Å². The summed E-state index contributed by atoms with van der Waals surface area (Å²) in [6.07, 6.45) is 18.3. The van der Waals surface area contributed by atoms with E-state index in [1.807, 2.05) is 0 Å². The lowest BCUT2D eigenvalue weighted by atomic mass is 10.1. The first kappa shape index (κ1) is 19.0. The first-order valence-electron chi connectivity index (χ1n) is 9.04. The molecule has 0 heterocycles. The van der Waals surface area contributed by atoms with Crippen LogP contribution >= 0.6 is 0 Å². The van der Waals surface area contributed by atoms with Crippen molar-refractivity contribution in [2.75, 3.05) is 6.54 Å². The molecule has 0 spiro atoms. The van der Waals surface area contributed by atoms with Crippen LogP contribution in [0.25, 0.3) is 0 Å². The van der Waals surface area contributed by atoms with E-state index in [0.29, 0.717) is 0 Å². The Morgan fingerprint density at radius 3 is 1.68 bits per heavy atom. The van der Waals surface area contributed by atoms with Crippen LogP contribution in [-0.2, 0) is 0 Å². The average Bonchev–Trinajstić information content (AvgIpc) is 2.41. The molecule has 0 aromatic rings. The number of rotatable bonds is 15. The van der Waals surface area contributed by atoms with Crippen LogP contribution in [0.4, 0.5) is 0 Å². The molecule has 0 aromatic carbocycles. The van der Waals surface area contributed by atoms with Crippen LogP contribution < -0.4 is 5.32 Å². The molecular weight excluding hydrogens is 230 g/mol. The Hall–Kier alpha value is -0.0400. The molecule has 0 aliphatic heterocycles. The highest BCUT2D eigenvalue weighted by molar-refractivity contribution is 4.61. The maximum Gasteiger partial charge on any atom is 0.00387 e. The molecule has 1 atom stereocenters. The molecule has 0 saturated heterocycles. The predicted molar refractivity (Wildman–Crippen MR) is 88.8 cm³/mol. The molecule has 116 valence electrons. The van der Waals surface area contributed by atoms with Crippen molar-refractivity contribution in [3.63, 3.8) is 0 Å². The van der Waals surface area contributed by atoms with Crippen LogP contribution in [0.5, 0.6) is 0 Å². The van der Waals surface area contributed by atoms with E-state index >= 15 is 0 Å². The van der Waals surface area contributed by atoms with E-state index in [0.717, 1.165) is 6.04 Å². The SMILES string of the molecule is CCCCCCCCCNC(C)CCCCCCC. The number of unbranched alkanes of at least 4 members (excludes halogenated alkanes) is 10. The van der Waals surface area contributed by atoms with Crippen molar-refractivity contribution in [2.24, 2.45) is 0 Å². The molecular formula is C18H39N. The zero-order valence-electron chi connectivity index (χ0n) is 14.0. The largest absolute Gasteiger partial charge is 0.314 e. The quantitative estimate of drug-likeness (QED) is 0.355. The molecule has 0 fully saturated rings. The molecule has 0 aromatic heterocycles. The van der Waals surface area contributed by atoms with Gasteiger partial charge in [0.25, 0.3) is 0 Å². The van der Waals surface area contributed by atoms with Gasteiger partial charge in [0.1, 0.15) is 0 Å². The van der Waals surface area contributed by atoms with Gasteiger partial charge in [0, 0.05) is 6.04 Å². The Labute approximate surface area is 122 Å². The van der Waals surface area contributed by atoms with E-state index in [1.165, 1.54) is 90.0 Å². The van der Waals surface area contributed by atoms with Gasteiger partial charge in [0.15, 0.2) is 0 Å². The third-order valence-corrected chi connectivity index (χ3v) is 4.01. The second-order valence-corrected chi connectivity index (χ2v) is 6.18. The average molecular weight is 270 g/mol. The van der Waals surface area contributed by atoms with Gasteiger partial charge in [-0.05, 0) is 26.3 Å². The number of nitrogens with one attached hydrogen (secondary N) is 1. The highest BCUT2D eigenvalue weighted by Crippen LogP contribution is 2.08. The standard InChI is InChI=1S/C18H39N/c1-4-6-8-10-11-13-15-17-19-18(3)16-14-12-9-7-5-2/h18-19H,4-17H2,1-3H3. The maximum absolute atomic E-state index is 3.68. The maximum atomic E-state index is 3.68. The van der Waals surface area contributed by atoms with Gasteiger partial charge in [0.05, 0.1) is 0 Å². The van der Waals surface area contributed by atoms with E-state index in [9.17, 15) is 0 Å². The Balaban J connectivity index is 3.09. The summed E-state index contributed by atoms with van der Waals surface area (Å²) in [4.78, 5) is 0. The van der Waals surface area contributed by atoms with Gasteiger partial charge < -0.3 is 5.32 Å². The summed E-state index contributed by atoms with van der Waals surface area (Å²) in [5.74, 6) is 0. The van der Waals surface area contributed by atoms with Gasteiger partial charge in [-0.2, -0.15) is 0 Å². The van der Waals surface area contributed by atoms with Gasteiger partial charge in [-0.15, -0.1) is 0 Å². The van der Waals surface area contributed by atoms with Crippen LogP contribution in [0.3, 0.4) is 0 Å². The van der Waals surface area contributed by atoms with Gasteiger partial charge in [0.2, 0.25) is 0 Å². The molecule has 1 nitrogen and oxygen atoms in total. The van der Waals surface area contributed by atoms with Gasteiger partial charge >= 0.3 is 0 Å².